The molecule has 2 aliphatic heterocycles. The highest BCUT2D eigenvalue weighted by atomic mass is 16.6. The second-order valence-corrected chi connectivity index (χ2v) is 9.99. The zero-order valence-electron chi connectivity index (χ0n) is 21.4. The molecule has 1 aromatic carbocycles. The van der Waals surface area contributed by atoms with Crippen LogP contribution in [0.2, 0.25) is 0 Å². The zero-order chi connectivity index (χ0) is 26.0. The number of nitrogens with two attached hydrogens (primary N) is 1. The number of nitrogens with one attached hydrogen (secondary N) is 1. The van der Waals surface area contributed by atoms with Gasteiger partial charge in [-0.3, -0.25) is 4.79 Å². The monoisotopic (exact) mass is 495 g/mol. The molecule has 3 N–H and O–H groups in total. The number of carbonyl (C=O) groups is 2. The topological polar surface area (TPSA) is 121 Å². The van der Waals surface area contributed by atoms with Gasteiger partial charge in [0.05, 0.1) is 20.3 Å². The molecule has 2 amide bonds. The molecule has 0 aliphatic carbocycles. The van der Waals surface area contributed by atoms with Crippen LogP contribution < -0.4 is 20.5 Å². The van der Waals surface area contributed by atoms with E-state index in [1.165, 1.54) is 0 Å². The minimum absolute atomic E-state index is 0.000694. The Balaban J connectivity index is 1.62. The third-order valence-electron chi connectivity index (χ3n) is 6.30. The van der Waals surface area contributed by atoms with E-state index in [0.717, 1.165) is 12.8 Å². The summed E-state index contributed by atoms with van der Waals surface area (Å²) in [6, 6.07) is 5.31. The lowest BCUT2D eigenvalue weighted by atomic mass is 9.95. The van der Waals surface area contributed by atoms with Crippen LogP contribution in [0, 0.1) is 17.8 Å². The number of primary amides is 1. The summed E-state index contributed by atoms with van der Waals surface area (Å²) in [5.41, 5.74) is 6.43. The van der Waals surface area contributed by atoms with Crippen molar-refractivity contribution in [1.29, 1.82) is 0 Å². The molecule has 0 radical (unpaired) electrons. The summed E-state index contributed by atoms with van der Waals surface area (Å²) in [6.45, 7) is 7.42. The molecule has 10 nitrogen and oxygen atoms in total. The Hall–Kier alpha value is -3.87. The molecule has 1 aromatic heterocycles. The number of benzene rings is 1. The van der Waals surface area contributed by atoms with Crippen molar-refractivity contribution in [2.24, 2.45) is 11.7 Å². The normalized spacial score (nSPS) is 19.0. The van der Waals surface area contributed by atoms with Crippen LogP contribution in [0.1, 0.15) is 61.3 Å². The Kier molecular flexibility index (Phi) is 7.02. The molecule has 3 heterocycles. The number of anilines is 1. The van der Waals surface area contributed by atoms with E-state index in [0.29, 0.717) is 48.2 Å². The Bertz CT molecular complexity index is 1200. The van der Waals surface area contributed by atoms with Crippen molar-refractivity contribution >= 4 is 17.8 Å². The molecule has 0 saturated carbocycles. The van der Waals surface area contributed by atoms with E-state index in [4.69, 9.17) is 25.0 Å². The number of carbonyl (C=O) groups excluding carboxylic acids is 2. The van der Waals surface area contributed by atoms with Gasteiger partial charge in [-0.15, -0.1) is 0 Å². The van der Waals surface area contributed by atoms with Crippen molar-refractivity contribution in [3.63, 3.8) is 0 Å². The van der Waals surface area contributed by atoms with E-state index in [1.54, 1.807) is 37.3 Å². The summed E-state index contributed by atoms with van der Waals surface area (Å²) >= 11 is 0. The molecule has 10 heteroatoms. The third kappa shape index (κ3) is 5.35. The van der Waals surface area contributed by atoms with Crippen LogP contribution in [-0.2, 0) is 4.74 Å². The molecular formula is C26H33N5O5. The Morgan fingerprint density at radius 3 is 2.42 bits per heavy atom. The first-order valence-corrected chi connectivity index (χ1v) is 12.0. The van der Waals surface area contributed by atoms with Crippen LogP contribution in [-0.4, -0.2) is 66.1 Å². The van der Waals surface area contributed by atoms with Gasteiger partial charge in [-0.2, -0.15) is 5.10 Å². The van der Waals surface area contributed by atoms with Crippen LogP contribution in [0.25, 0.3) is 0 Å². The molecule has 36 heavy (non-hydrogen) atoms. The molecular weight excluding hydrogens is 462 g/mol. The highest BCUT2D eigenvalue weighted by Crippen LogP contribution is 2.37. The predicted molar refractivity (Wildman–Crippen MR) is 134 cm³/mol. The second-order valence-electron chi connectivity index (χ2n) is 9.99. The molecule has 192 valence electrons. The number of hydrogen-bond acceptors (Lipinski definition) is 7. The fraction of sp³-hybridized carbons (Fsp3) is 0.500. The molecule has 1 saturated heterocycles. The first-order valence-electron chi connectivity index (χ1n) is 12.0. The number of rotatable bonds is 4. The molecule has 2 aliphatic rings. The maximum Gasteiger partial charge on any atom is 0.410 e. The van der Waals surface area contributed by atoms with Crippen LogP contribution in [0.5, 0.6) is 11.5 Å². The summed E-state index contributed by atoms with van der Waals surface area (Å²) < 4.78 is 18.0. The van der Waals surface area contributed by atoms with Gasteiger partial charge in [0.2, 0.25) is 0 Å². The van der Waals surface area contributed by atoms with Crippen molar-refractivity contribution in [2.75, 3.05) is 39.2 Å². The van der Waals surface area contributed by atoms with Gasteiger partial charge in [-0.1, -0.05) is 5.92 Å². The SMILES string of the molecule is COc1cc(C#Cc2nn3c(c2C(N)=O)NCCC3C2CCN(C(=O)OC(C)(C)C)C2)cc(OC)c1. The molecule has 1 fully saturated rings. The van der Waals surface area contributed by atoms with E-state index in [9.17, 15) is 9.59 Å². The van der Waals surface area contributed by atoms with E-state index in [1.807, 2.05) is 25.5 Å². The quantitative estimate of drug-likeness (QED) is 0.626. The Morgan fingerprint density at radius 2 is 1.81 bits per heavy atom. The number of ether oxygens (including phenoxy) is 3. The number of aromatic nitrogens is 2. The van der Waals surface area contributed by atoms with Gasteiger partial charge in [0.15, 0.2) is 5.69 Å². The van der Waals surface area contributed by atoms with Crippen LogP contribution in [0.15, 0.2) is 18.2 Å². The number of amides is 2. The summed E-state index contributed by atoms with van der Waals surface area (Å²) in [5.74, 6) is 7.42. The van der Waals surface area contributed by atoms with E-state index < -0.39 is 11.5 Å². The number of likely N-dealkylation sites (tertiary alicyclic amines) is 1. The molecule has 2 aromatic rings. The second kappa shape index (κ2) is 10.0. The predicted octanol–water partition coefficient (Wildman–Crippen LogP) is 3.01. The molecule has 2 atom stereocenters. The van der Waals surface area contributed by atoms with Crippen molar-refractivity contribution in [3.05, 3.63) is 35.0 Å². The zero-order valence-corrected chi connectivity index (χ0v) is 21.4. The summed E-state index contributed by atoms with van der Waals surface area (Å²) in [6.07, 6.45) is 1.32. The Labute approximate surface area is 211 Å². The van der Waals surface area contributed by atoms with Gasteiger partial charge >= 0.3 is 6.09 Å². The van der Waals surface area contributed by atoms with Crippen molar-refractivity contribution < 1.29 is 23.8 Å². The minimum Gasteiger partial charge on any atom is -0.497 e. The number of methoxy groups -OCH3 is 2. The summed E-state index contributed by atoms with van der Waals surface area (Å²) in [5, 5.41) is 7.98. The highest BCUT2D eigenvalue weighted by Gasteiger charge is 2.38. The molecule has 4 rings (SSSR count). The van der Waals surface area contributed by atoms with Crippen LogP contribution in [0.4, 0.5) is 10.6 Å². The fourth-order valence-corrected chi connectivity index (χ4v) is 4.67. The van der Waals surface area contributed by atoms with Crippen LogP contribution >= 0.6 is 0 Å². The number of fused-ring (bicyclic) bond motifs is 1. The van der Waals surface area contributed by atoms with E-state index >= 15 is 0 Å². The average molecular weight is 496 g/mol. The van der Waals surface area contributed by atoms with Gasteiger partial charge in [0.25, 0.3) is 5.91 Å². The van der Waals surface area contributed by atoms with E-state index in [2.05, 4.69) is 17.2 Å². The third-order valence-corrected chi connectivity index (χ3v) is 6.30. The number of nitrogens with zero attached hydrogens (tertiary/aromatic N) is 3. The van der Waals surface area contributed by atoms with E-state index in [-0.39, 0.29) is 23.6 Å². The number of hydrogen-bond donors (Lipinski definition) is 2. The molecule has 0 spiro atoms. The summed E-state index contributed by atoms with van der Waals surface area (Å²) in [4.78, 5) is 26.7. The first-order chi connectivity index (χ1) is 17.1. The van der Waals surface area contributed by atoms with Crippen molar-refractivity contribution in [1.82, 2.24) is 14.7 Å². The minimum atomic E-state index is -0.598. The lowest BCUT2D eigenvalue weighted by Crippen LogP contribution is -2.36. The molecule has 2 unspecified atom stereocenters. The first kappa shape index (κ1) is 25.2. The largest absolute Gasteiger partial charge is 0.497 e. The Morgan fingerprint density at radius 1 is 1.11 bits per heavy atom. The van der Waals surface area contributed by atoms with Gasteiger partial charge in [0, 0.05) is 37.2 Å². The van der Waals surface area contributed by atoms with Gasteiger partial charge < -0.3 is 30.2 Å². The fourth-order valence-electron chi connectivity index (χ4n) is 4.67. The van der Waals surface area contributed by atoms with Gasteiger partial charge in [-0.05, 0) is 51.7 Å². The van der Waals surface area contributed by atoms with Gasteiger partial charge in [-0.25, -0.2) is 9.48 Å². The van der Waals surface area contributed by atoms with Crippen LogP contribution in [0.3, 0.4) is 0 Å². The standard InChI is InChI=1S/C26H33N5O5/c1-26(2,3)36-25(33)30-11-9-17(15-30)21-8-10-28-24-22(23(27)32)20(29-31(21)24)7-6-16-12-18(34-4)14-19(13-16)35-5/h12-14,17,21,28H,8-11,15H2,1-5H3,(H2,27,32). The smallest absolute Gasteiger partial charge is 0.410 e. The maximum atomic E-state index is 12.6. The van der Waals surface area contributed by atoms with Crippen molar-refractivity contribution in [3.8, 4) is 23.3 Å². The van der Waals surface area contributed by atoms with Crippen molar-refractivity contribution in [2.45, 2.75) is 45.3 Å². The lowest BCUT2D eigenvalue weighted by Gasteiger charge is -2.30. The highest BCUT2D eigenvalue weighted by molar-refractivity contribution is 6.00. The summed E-state index contributed by atoms with van der Waals surface area (Å²) in [7, 11) is 3.14. The van der Waals surface area contributed by atoms with Gasteiger partial charge in [0.1, 0.15) is 28.5 Å². The lowest BCUT2D eigenvalue weighted by molar-refractivity contribution is 0.0283. The average Bonchev–Trinajstić information content (AvgIpc) is 3.46. The maximum absolute atomic E-state index is 12.6. The molecule has 0 bridgehead atoms.